The van der Waals surface area contributed by atoms with Gasteiger partial charge in [-0.25, -0.2) is 8.42 Å². The first-order chi connectivity index (χ1) is 12.8. The van der Waals surface area contributed by atoms with Crippen molar-refractivity contribution in [1.29, 1.82) is 0 Å². The van der Waals surface area contributed by atoms with E-state index in [4.69, 9.17) is 0 Å². The maximum atomic E-state index is 12.9. The number of hydrogen-bond donors (Lipinski definition) is 0. The Balaban J connectivity index is 1.77. The number of benzene rings is 1. The van der Waals surface area contributed by atoms with E-state index in [0.717, 1.165) is 24.1 Å². The molecule has 0 aliphatic carbocycles. The Hall–Kier alpha value is -1.70. The fourth-order valence-corrected chi connectivity index (χ4v) is 5.96. The first kappa shape index (κ1) is 20.0. The van der Waals surface area contributed by atoms with Crippen molar-refractivity contribution in [2.24, 2.45) is 0 Å². The van der Waals surface area contributed by atoms with Crippen molar-refractivity contribution < 1.29 is 13.2 Å². The average molecular weight is 407 g/mol. The number of thiophene rings is 1. The van der Waals surface area contributed by atoms with Gasteiger partial charge in [0.25, 0.3) is 5.91 Å². The van der Waals surface area contributed by atoms with Crippen LogP contribution in [0, 0.1) is 0 Å². The monoisotopic (exact) mass is 406 g/mol. The molecule has 0 radical (unpaired) electrons. The van der Waals surface area contributed by atoms with E-state index in [1.165, 1.54) is 0 Å². The highest BCUT2D eigenvalue weighted by molar-refractivity contribution is 7.89. The molecule has 0 unspecified atom stereocenters. The lowest BCUT2D eigenvalue weighted by Gasteiger charge is -2.32. The molecule has 0 spiro atoms. The van der Waals surface area contributed by atoms with Gasteiger partial charge in [-0.15, -0.1) is 11.3 Å². The van der Waals surface area contributed by atoms with Crippen molar-refractivity contribution in [3.05, 3.63) is 52.2 Å². The normalized spacial score (nSPS) is 19.6. The molecule has 1 fully saturated rings. The van der Waals surface area contributed by atoms with E-state index < -0.39 is 10.0 Å². The van der Waals surface area contributed by atoms with E-state index in [9.17, 15) is 13.2 Å². The maximum Gasteiger partial charge on any atom is 0.254 e. The minimum Gasteiger partial charge on any atom is -0.334 e. The van der Waals surface area contributed by atoms with E-state index in [1.807, 2.05) is 31.4 Å². The van der Waals surface area contributed by atoms with Gasteiger partial charge in [0.05, 0.1) is 10.9 Å². The number of amides is 1. The van der Waals surface area contributed by atoms with E-state index in [-0.39, 0.29) is 22.9 Å². The summed E-state index contributed by atoms with van der Waals surface area (Å²) in [4.78, 5) is 15.8. The van der Waals surface area contributed by atoms with Gasteiger partial charge >= 0.3 is 0 Å². The van der Waals surface area contributed by atoms with E-state index in [0.29, 0.717) is 12.1 Å². The molecule has 2 heterocycles. The summed E-state index contributed by atoms with van der Waals surface area (Å²) in [5, 5.41) is 1.99. The van der Waals surface area contributed by atoms with Crippen LogP contribution >= 0.6 is 11.3 Å². The number of sulfonamides is 1. The molecule has 1 aromatic heterocycles. The zero-order chi connectivity index (χ0) is 19.6. The molecule has 0 N–H and O–H groups in total. The standard InChI is InChI=1S/C20H26N2O3S2/c1-15-7-4-5-13-22(15)27(24,25)18-11-9-17(10-12-18)20(23)21(3)16(2)19-8-6-14-26-19/h6,8-12,14-16H,4-5,7,13H2,1-3H3/t15-,16+/m0/s1. The highest BCUT2D eigenvalue weighted by atomic mass is 32.2. The third-order valence-electron chi connectivity index (χ3n) is 5.31. The minimum absolute atomic E-state index is 0.0165. The Labute approximate surface area is 165 Å². The van der Waals surface area contributed by atoms with E-state index >= 15 is 0 Å². The molecule has 5 nitrogen and oxygen atoms in total. The Bertz CT molecular complexity index is 876. The summed E-state index contributed by atoms with van der Waals surface area (Å²) in [6.07, 6.45) is 2.85. The summed E-state index contributed by atoms with van der Waals surface area (Å²) >= 11 is 1.62. The smallest absolute Gasteiger partial charge is 0.254 e. The van der Waals surface area contributed by atoms with Gasteiger partial charge in [-0.3, -0.25) is 4.79 Å². The highest BCUT2D eigenvalue weighted by Gasteiger charge is 2.31. The number of carbonyl (C=O) groups is 1. The predicted molar refractivity (Wildman–Crippen MR) is 108 cm³/mol. The van der Waals surface area contributed by atoms with Crippen molar-refractivity contribution in [3.63, 3.8) is 0 Å². The fraction of sp³-hybridized carbons (Fsp3) is 0.450. The fourth-order valence-electron chi connectivity index (χ4n) is 3.43. The summed E-state index contributed by atoms with van der Waals surface area (Å²) in [7, 11) is -1.75. The Kier molecular flexibility index (Phi) is 6.03. The summed E-state index contributed by atoms with van der Waals surface area (Å²) in [5.74, 6) is -0.119. The van der Waals surface area contributed by atoms with Gasteiger partial charge in [-0.1, -0.05) is 12.5 Å². The number of carbonyl (C=O) groups excluding carboxylic acids is 1. The first-order valence-corrected chi connectivity index (χ1v) is 11.6. The van der Waals surface area contributed by atoms with Gasteiger partial charge < -0.3 is 4.90 Å². The summed E-state index contributed by atoms with van der Waals surface area (Å²) in [6.45, 7) is 4.50. The van der Waals surface area contributed by atoms with Crippen LogP contribution in [0.1, 0.15) is 54.4 Å². The molecule has 1 aliphatic heterocycles. The van der Waals surface area contributed by atoms with Crippen LogP contribution in [-0.2, 0) is 10.0 Å². The van der Waals surface area contributed by atoms with Crippen molar-refractivity contribution in [2.75, 3.05) is 13.6 Å². The molecule has 7 heteroatoms. The third-order valence-corrected chi connectivity index (χ3v) is 8.38. The Morgan fingerprint density at radius 1 is 1.22 bits per heavy atom. The van der Waals surface area contributed by atoms with Crippen LogP contribution in [0.25, 0.3) is 0 Å². The predicted octanol–water partition coefficient (Wildman–Crippen LogP) is 4.14. The summed E-state index contributed by atoms with van der Waals surface area (Å²) in [5.41, 5.74) is 0.492. The van der Waals surface area contributed by atoms with Crippen molar-refractivity contribution in [3.8, 4) is 0 Å². The maximum absolute atomic E-state index is 12.9. The summed E-state index contributed by atoms with van der Waals surface area (Å²) in [6, 6.07) is 10.3. The van der Waals surface area contributed by atoms with E-state index in [2.05, 4.69) is 0 Å². The molecule has 1 amide bonds. The zero-order valence-electron chi connectivity index (χ0n) is 16.0. The molecule has 1 aromatic carbocycles. The second kappa shape index (κ2) is 8.12. The third kappa shape index (κ3) is 4.10. The largest absolute Gasteiger partial charge is 0.334 e. The number of hydrogen-bond acceptors (Lipinski definition) is 4. The van der Waals surface area contributed by atoms with Gasteiger partial charge in [0.2, 0.25) is 10.0 Å². The molecular formula is C20H26N2O3S2. The molecule has 2 aromatic rings. The van der Waals surface area contributed by atoms with Gasteiger partial charge in [0.15, 0.2) is 0 Å². The Morgan fingerprint density at radius 3 is 2.52 bits per heavy atom. The highest BCUT2D eigenvalue weighted by Crippen LogP contribution is 2.27. The van der Waals surface area contributed by atoms with Crippen LogP contribution in [0.2, 0.25) is 0 Å². The molecule has 1 saturated heterocycles. The Morgan fingerprint density at radius 2 is 1.93 bits per heavy atom. The molecule has 27 heavy (non-hydrogen) atoms. The van der Waals surface area contributed by atoms with Gasteiger partial charge in [-0.2, -0.15) is 4.31 Å². The number of nitrogens with zero attached hydrogens (tertiary/aromatic N) is 2. The molecule has 1 aliphatic rings. The molecule has 0 bridgehead atoms. The lowest BCUT2D eigenvalue weighted by atomic mass is 10.1. The molecule has 146 valence electrons. The second-order valence-corrected chi connectivity index (χ2v) is 9.96. The summed E-state index contributed by atoms with van der Waals surface area (Å²) < 4.78 is 27.4. The molecule has 3 rings (SSSR count). The molecule has 2 atom stereocenters. The van der Waals surface area contributed by atoms with Gasteiger partial charge in [-0.05, 0) is 62.4 Å². The van der Waals surface area contributed by atoms with Crippen LogP contribution in [0.3, 0.4) is 0 Å². The second-order valence-electron chi connectivity index (χ2n) is 7.09. The van der Waals surface area contributed by atoms with Crippen LogP contribution in [0.5, 0.6) is 0 Å². The van der Waals surface area contributed by atoms with Crippen LogP contribution < -0.4 is 0 Å². The quantitative estimate of drug-likeness (QED) is 0.750. The molecular weight excluding hydrogens is 380 g/mol. The molecule has 0 saturated carbocycles. The van der Waals surface area contributed by atoms with Gasteiger partial charge in [0.1, 0.15) is 0 Å². The lowest BCUT2D eigenvalue weighted by Crippen LogP contribution is -2.41. The van der Waals surface area contributed by atoms with Crippen LogP contribution in [0.15, 0.2) is 46.7 Å². The van der Waals surface area contributed by atoms with Gasteiger partial charge in [0, 0.05) is 30.1 Å². The van der Waals surface area contributed by atoms with Crippen LogP contribution in [-0.4, -0.2) is 43.2 Å². The number of rotatable bonds is 5. The van der Waals surface area contributed by atoms with Crippen molar-refractivity contribution in [2.45, 2.75) is 50.1 Å². The topological polar surface area (TPSA) is 57.7 Å². The SMILES string of the molecule is C[C@H](c1cccs1)N(C)C(=O)c1ccc(S(=O)(=O)N2CCCC[C@@H]2C)cc1. The van der Waals surface area contributed by atoms with E-state index in [1.54, 1.807) is 51.9 Å². The lowest BCUT2D eigenvalue weighted by molar-refractivity contribution is 0.0745. The first-order valence-electron chi connectivity index (χ1n) is 9.25. The van der Waals surface area contributed by atoms with Crippen molar-refractivity contribution >= 4 is 27.3 Å². The number of piperidine rings is 1. The van der Waals surface area contributed by atoms with Crippen molar-refractivity contribution in [1.82, 2.24) is 9.21 Å². The zero-order valence-corrected chi connectivity index (χ0v) is 17.6. The van der Waals surface area contributed by atoms with Crippen LogP contribution in [0.4, 0.5) is 0 Å². The minimum atomic E-state index is -3.52. The average Bonchev–Trinajstić information content (AvgIpc) is 3.21.